The smallest absolute Gasteiger partial charge is 0.241 e. The predicted molar refractivity (Wildman–Crippen MR) is 93.5 cm³/mol. The molecule has 0 aliphatic rings. The first-order valence-electron chi connectivity index (χ1n) is 8.09. The van der Waals surface area contributed by atoms with E-state index in [2.05, 4.69) is 5.32 Å². The van der Waals surface area contributed by atoms with E-state index >= 15 is 0 Å². The first-order chi connectivity index (χ1) is 11.9. The quantitative estimate of drug-likeness (QED) is 0.827. The van der Waals surface area contributed by atoms with Gasteiger partial charge in [-0.2, -0.15) is 0 Å². The molecule has 1 atom stereocenters. The van der Waals surface area contributed by atoms with Crippen molar-refractivity contribution in [2.24, 2.45) is 0 Å². The van der Waals surface area contributed by atoms with Gasteiger partial charge in [0.15, 0.2) is 0 Å². The minimum atomic E-state index is -0.797. The average Bonchev–Trinajstić information content (AvgIpc) is 2.59. The maximum absolute atomic E-state index is 13.6. The summed E-state index contributed by atoms with van der Waals surface area (Å²) in [5.74, 6) is -1.28. The minimum absolute atomic E-state index is 0.422. The topological polar surface area (TPSA) is 41.6 Å². The van der Waals surface area contributed by atoms with E-state index < -0.39 is 29.3 Å². The van der Waals surface area contributed by atoms with E-state index in [4.69, 9.17) is 4.74 Å². The predicted octanol–water partition coefficient (Wildman–Crippen LogP) is 3.82. The zero-order valence-electron chi connectivity index (χ0n) is 14.6. The van der Waals surface area contributed by atoms with Crippen LogP contribution in [0.2, 0.25) is 0 Å². The maximum Gasteiger partial charge on any atom is 0.241 e. The van der Waals surface area contributed by atoms with Gasteiger partial charge in [-0.1, -0.05) is 18.2 Å². The Labute approximate surface area is 146 Å². The van der Waals surface area contributed by atoms with E-state index in [1.807, 2.05) is 31.2 Å². The van der Waals surface area contributed by atoms with Gasteiger partial charge in [0.25, 0.3) is 0 Å². The fourth-order valence-electron chi connectivity index (χ4n) is 2.33. The molecule has 0 saturated carbocycles. The molecule has 2 aromatic rings. The van der Waals surface area contributed by atoms with E-state index in [0.29, 0.717) is 13.2 Å². The number of hydrogen-bond donors (Lipinski definition) is 1. The monoisotopic (exact) mass is 348 g/mol. The third kappa shape index (κ3) is 5.00. The van der Waals surface area contributed by atoms with Crippen LogP contribution in [-0.4, -0.2) is 30.5 Å². The number of carbonyl (C=O) groups is 1. The van der Waals surface area contributed by atoms with E-state index in [1.54, 1.807) is 18.9 Å². The number of likely N-dealkylation sites (N-methyl/N-ethyl adjacent to an activating group) is 1. The Morgan fingerprint density at radius 1 is 1.16 bits per heavy atom. The number of amides is 1. The highest BCUT2D eigenvalue weighted by molar-refractivity contribution is 5.94. The Morgan fingerprint density at radius 2 is 1.76 bits per heavy atom. The molecular weight excluding hydrogens is 326 g/mol. The van der Waals surface area contributed by atoms with Crippen molar-refractivity contribution in [2.45, 2.75) is 26.4 Å². The van der Waals surface area contributed by atoms with Gasteiger partial charge in [0.1, 0.15) is 23.1 Å². The molecule has 0 unspecified atom stereocenters. The fraction of sp³-hybridized carbons (Fsp3) is 0.316. The summed E-state index contributed by atoms with van der Waals surface area (Å²) in [6, 6.07) is 10.5. The summed E-state index contributed by atoms with van der Waals surface area (Å²) in [5, 5.41) is 2.32. The van der Waals surface area contributed by atoms with Crippen LogP contribution >= 0.6 is 0 Å². The molecule has 0 heterocycles. The molecule has 134 valence electrons. The molecule has 1 amide bonds. The molecule has 1 N–H and O–H groups in total. The Kier molecular flexibility index (Phi) is 6.47. The Hall–Kier alpha value is -2.47. The van der Waals surface area contributed by atoms with Crippen molar-refractivity contribution in [1.29, 1.82) is 0 Å². The Morgan fingerprint density at radius 3 is 2.32 bits per heavy atom. The molecule has 0 aliphatic carbocycles. The van der Waals surface area contributed by atoms with Crippen molar-refractivity contribution in [3.63, 3.8) is 0 Å². The largest absolute Gasteiger partial charge is 0.494 e. The Bertz CT molecular complexity index is 700. The third-order valence-electron chi connectivity index (χ3n) is 3.92. The molecule has 0 fully saturated rings. The van der Waals surface area contributed by atoms with Gasteiger partial charge >= 0.3 is 0 Å². The van der Waals surface area contributed by atoms with Gasteiger partial charge in [-0.25, -0.2) is 8.78 Å². The van der Waals surface area contributed by atoms with Crippen LogP contribution in [0.5, 0.6) is 5.75 Å². The van der Waals surface area contributed by atoms with Crippen molar-refractivity contribution in [2.75, 3.05) is 19.0 Å². The van der Waals surface area contributed by atoms with E-state index in [1.165, 1.54) is 6.07 Å². The van der Waals surface area contributed by atoms with E-state index in [0.717, 1.165) is 23.4 Å². The van der Waals surface area contributed by atoms with Crippen molar-refractivity contribution in [1.82, 2.24) is 4.90 Å². The number of para-hydroxylation sites is 1. The number of benzene rings is 2. The normalized spacial score (nSPS) is 12.1. The van der Waals surface area contributed by atoms with Crippen LogP contribution in [0.3, 0.4) is 0 Å². The second kappa shape index (κ2) is 8.58. The highest BCUT2D eigenvalue weighted by Crippen LogP contribution is 2.19. The third-order valence-corrected chi connectivity index (χ3v) is 3.92. The van der Waals surface area contributed by atoms with Crippen molar-refractivity contribution < 1.29 is 18.3 Å². The zero-order valence-corrected chi connectivity index (χ0v) is 14.6. The molecule has 2 aromatic carbocycles. The van der Waals surface area contributed by atoms with Crippen LogP contribution in [0.4, 0.5) is 14.5 Å². The summed E-state index contributed by atoms with van der Waals surface area (Å²) in [7, 11) is 1.78. The summed E-state index contributed by atoms with van der Waals surface area (Å²) in [5.41, 5.74) is 0.580. The fourth-order valence-corrected chi connectivity index (χ4v) is 2.33. The molecule has 0 aliphatic heterocycles. The minimum Gasteiger partial charge on any atom is -0.494 e. The SMILES string of the molecule is CCOc1ccc(CN(C)[C@@H](C)C(=O)Nc2c(F)cccc2F)cc1. The molecule has 0 bridgehead atoms. The molecule has 2 rings (SSSR count). The molecule has 0 radical (unpaired) electrons. The number of hydrogen-bond acceptors (Lipinski definition) is 3. The summed E-state index contributed by atoms with van der Waals surface area (Å²) in [6.45, 7) is 4.72. The lowest BCUT2D eigenvalue weighted by Crippen LogP contribution is -2.39. The average molecular weight is 348 g/mol. The first-order valence-corrected chi connectivity index (χ1v) is 8.09. The molecule has 4 nitrogen and oxygen atoms in total. The van der Waals surface area contributed by atoms with Crippen LogP contribution in [0.25, 0.3) is 0 Å². The molecule has 0 saturated heterocycles. The lowest BCUT2D eigenvalue weighted by Gasteiger charge is -2.24. The first kappa shape index (κ1) is 18.9. The number of nitrogens with one attached hydrogen (secondary N) is 1. The van der Waals surface area contributed by atoms with Gasteiger partial charge in [0.2, 0.25) is 5.91 Å². The van der Waals surface area contributed by atoms with Gasteiger partial charge < -0.3 is 10.1 Å². The highest BCUT2D eigenvalue weighted by Gasteiger charge is 2.21. The lowest BCUT2D eigenvalue weighted by atomic mass is 10.1. The van der Waals surface area contributed by atoms with Crippen LogP contribution in [0.15, 0.2) is 42.5 Å². The molecule has 6 heteroatoms. The van der Waals surface area contributed by atoms with Gasteiger partial charge in [0, 0.05) is 6.54 Å². The van der Waals surface area contributed by atoms with E-state index in [9.17, 15) is 13.6 Å². The molecule has 0 aromatic heterocycles. The number of rotatable bonds is 7. The van der Waals surface area contributed by atoms with Crippen LogP contribution in [0, 0.1) is 11.6 Å². The highest BCUT2D eigenvalue weighted by atomic mass is 19.1. The number of ether oxygens (including phenoxy) is 1. The van der Waals surface area contributed by atoms with Crippen LogP contribution < -0.4 is 10.1 Å². The summed E-state index contributed by atoms with van der Waals surface area (Å²) < 4.78 is 32.7. The zero-order chi connectivity index (χ0) is 18.4. The van der Waals surface area contributed by atoms with Gasteiger partial charge in [-0.3, -0.25) is 9.69 Å². The van der Waals surface area contributed by atoms with Crippen molar-refractivity contribution in [3.05, 3.63) is 59.7 Å². The second-order valence-electron chi connectivity index (χ2n) is 5.75. The maximum atomic E-state index is 13.6. The number of anilines is 1. The number of halogens is 2. The summed E-state index contributed by atoms with van der Waals surface area (Å²) in [6.07, 6.45) is 0. The van der Waals surface area contributed by atoms with Crippen LogP contribution in [0.1, 0.15) is 19.4 Å². The molecular formula is C19H22F2N2O2. The standard InChI is InChI=1S/C19H22F2N2O2/c1-4-25-15-10-8-14(9-11-15)12-23(3)13(2)19(24)22-18-16(20)6-5-7-17(18)21/h5-11,13H,4,12H2,1-3H3,(H,22,24)/t13-/m0/s1. The Balaban J connectivity index is 1.98. The molecule has 0 spiro atoms. The van der Waals surface area contributed by atoms with Gasteiger partial charge in [0.05, 0.1) is 12.6 Å². The van der Waals surface area contributed by atoms with Gasteiger partial charge in [-0.05, 0) is 50.7 Å². The van der Waals surface area contributed by atoms with Crippen molar-refractivity contribution in [3.8, 4) is 5.75 Å². The van der Waals surface area contributed by atoms with Crippen LogP contribution in [-0.2, 0) is 11.3 Å². The van der Waals surface area contributed by atoms with Gasteiger partial charge in [-0.15, -0.1) is 0 Å². The van der Waals surface area contributed by atoms with Crippen molar-refractivity contribution >= 4 is 11.6 Å². The lowest BCUT2D eigenvalue weighted by molar-refractivity contribution is -0.120. The molecule has 25 heavy (non-hydrogen) atoms. The van der Waals surface area contributed by atoms with E-state index in [-0.39, 0.29) is 0 Å². The second-order valence-corrected chi connectivity index (χ2v) is 5.75. The number of nitrogens with zero attached hydrogens (tertiary/aromatic N) is 1. The summed E-state index contributed by atoms with van der Waals surface area (Å²) >= 11 is 0. The number of carbonyl (C=O) groups excluding carboxylic acids is 1. The summed E-state index contributed by atoms with van der Waals surface area (Å²) in [4.78, 5) is 14.1.